The second-order valence-corrected chi connectivity index (χ2v) is 3.90. The minimum Gasteiger partial charge on any atom is -0.379 e. The van der Waals surface area contributed by atoms with Gasteiger partial charge in [0.1, 0.15) is 0 Å². The number of alkyl halides is 3. The Morgan fingerprint density at radius 1 is 1.56 bits per heavy atom. The highest BCUT2D eigenvalue weighted by Crippen LogP contribution is 2.21. The molecule has 94 valence electrons. The minimum atomic E-state index is -4.26. The van der Waals surface area contributed by atoms with E-state index in [1.807, 2.05) is 0 Å². The van der Waals surface area contributed by atoms with Gasteiger partial charge in [0.2, 0.25) is 0 Å². The van der Waals surface area contributed by atoms with E-state index in [1.165, 1.54) is 6.92 Å². The molecular weight excluding hydrogens is 225 g/mol. The Labute approximate surface area is 91.5 Å². The number of hydrogen-bond acceptors (Lipinski definition) is 2. The van der Waals surface area contributed by atoms with Crippen LogP contribution in [0.2, 0.25) is 0 Å². The molecule has 4 nitrogen and oxygen atoms in total. The summed E-state index contributed by atoms with van der Waals surface area (Å²) in [6.07, 6.45) is -4.59. The molecule has 0 aromatic rings. The summed E-state index contributed by atoms with van der Waals surface area (Å²) in [6, 6.07) is -1.60. The van der Waals surface area contributed by atoms with E-state index < -0.39 is 24.7 Å². The molecule has 2 atom stereocenters. The summed E-state index contributed by atoms with van der Waals surface area (Å²) in [6.45, 7) is 2.31. The van der Waals surface area contributed by atoms with Crippen LogP contribution >= 0.6 is 0 Å². The molecule has 2 unspecified atom stereocenters. The van der Waals surface area contributed by atoms with Gasteiger partial charge in [0.25, 0.3) is 0 Å². The molecule has 0 saturated carbocycles. The van der Waals surface area contributed by atoms with Crippen LogP contribution in [0.5, 0.6) is 0 Å². The Balaban J connectivity index is 2.22. The predicted octanol–water partition coefficient (Wildman–Crippen LogP) is 1.42. The molecule has 7 heteroatoms. The van der Waals surface area contributed by atoms with Crippen molar-refractivity contribution >= 4 is 6.03 Å². The van der Waals surface area contributed by atoms with E-state index in [1.54, 1.807) is 0 Å². The van der Waals surface area contributed by atoms with Gasteiger partial charge >= 0.3 is 12.2 Å². The summed E-state index contributed by atoms with van der Waals surface area (Å²) < 4.78 is 40.9. The van der Waals surface area contributed by atoms with E-state index in [2.05, 4.69) is 10.6 Å². The van der Waals surface area contributed by atoms with Gasteiger partial charge in [0, 0.05) is 12.6 Å². The highest BCUT2D eigenvalue weighted by molar-refractivity contribution is 5.74. The van der Waals surface area contributed by atoms with Crippen molar-refractivity contribution in [3.05, 3.63) is 0 Å². The first-order valence-electron chi connectivity index (χ1n) is 5.08. The van der Waals surface area contributed by atoms with Crippen molar-refractivity contribution in [3.63, 3.8) is 0 Å². The first-order valence-corrected chi connectivity index (χ1v) is 5.08. The van der Waals surface area contributed by atoms with Gasteiger partial charge < -0.3 is 15.4 Å². The molecule has 1 rings (SSSR count). The second kappa shape index (κ2) is 5.38. The molecule has 1 fully saturated rings. The first kappa shape index (κ1) is 13.1. The lowest BCUT2D eigenvalue weighted by molar-refractivity contribution is -0.138. The molecule has 1 aliphatic heterocycles. The fraction of sp³-hybridized carbons (Fsp3) is 0.889. The van der Waals surface area contributed by atoms with Crippen LogP contribution in [0.25, 0.3) is 0 Å². The van der Waals surface area contributed by atoms with Crippen molar-refractivity contribution in [1.29, 1.82) is 0 Å². The summed E-state index contributed by atoms with van der Waals surface area (Å²) in [4.78, 5) is 11.3. The number of hydrogen-bond donors (Lipinski definition) is 2. The summed E-state index contributed by atoms with van der Waals surface area (Å²) in [7, 11) is 0. The zero-order valence-corrected chi connectivity index (χ0v) is 8.93. The average molecular weight is 240 g/mol. The molecule has 16 heavy (non-hydrogen) atoms. The van der Waals surface area contributed by atoms with E-state index in [-0.39, 0.29) is 6.04 Å². The Morgan fingerprint density at radius 2 is 2.25 bits per heavy atom. The maximum absolute atomic E-state index is 12.0. The monoisotopic (exact) mass is 240 g/mol. The maximum atomic E-state index is 12.0. The average Bonchev–Trinajstić information content (AvgIpc) is 2.51. The highest BCUT2D eigenvalue weighted by Gasteiger charge is 2.30. The van der Waals surface area contributed by atoms with Gasteiger partial charge in [-0.3, -0.25) is 0 Å². The fourth-order valence-corrected chi connectivity index (χ4v) is 1.50. The molecular formula is C9H15F3N2O2. The Bertz CT molecular complexity index is 239. The molecule has 0 aromatic carbocycles. The standard InChI is InChI=1S/C9H15F3N2O2/c1-6(4-9(10,11)12)13-8(15)14-7-2-3-16-5-7/h6-7H,2-5H2,1H3,(H2,13,14,15). The van der Waals surface area contributed by atoms with E-state index >= 15 is 0 Å². The summed E-state index contributed by atoms with van der Waals surface area (Å²) >= 11 is 0. The number of urea groups is 1. The third kappa shape index (κ3) is 5.20. The lowest BCUT2D eigenvalue weighted by Gasteiger charge is -2.18. The van der Waals surface area contributed by atoms with E-state index in [4.69, 9.17) is 4.74 Å². The predicted molar refractivity (Wildman–Crippen MR) is 51.0 cm³/mol. The fourth-order valence-electron chi connectivity index (χ4n) is 1.50. The molecule has 1 heterocycles. The van der Waals surface area contributed by atoms with Crippen LogP contribution in [-0.2, 0) is 4.74 Å². The third-order valence-electron chi connectivity index (χ3n) is 2.18. The van der Waals surface area contributed by atoms with Crippen LogP contribution in [0, 0.1) is 0 Å². The van der Waals surface area contributed by atoms with Crippen LogP contribution in [0.15, 0.2) is 0 Å². The number of ether oxygens (including phenoxy) is 1. The smallest absolute Gasteiger partial charge is 0.379 e. The summed E-state index contributed by atoms with van der Waals surface area (Å²) in [5.74, 6) is 0. The zero-order chi connectivity index (χ0) is 12.2. The number of halogens is 3. The third-order valence-corrected chi connectivity index (χ3v) is 2.18. The molecule has 1 aliphatic rings. The van der Waals surface area contributed by atoms with E-state index in [0.717, 1.165) is 0 Å². The number of rotatable bonds is 3. The molecule has 2 N–H and O–H groups in total. The van der Waals surface area contributed by atoms with E-state index in [9.17, 15) is 18.0 Å². The largest absolute Gasteiger partial charge is 0.391 e. The summed E-state index contributed by atoms with van der Waals surface area (Å²) in [5, 5.41) is 4.79. The van der Waals surface area contributed by atoms with Gasteiger partial charge in [-0.05, 0) is 13.3 Å². The number of carbonyl (C=O) groups is 1. The van der Waals surface area contributed by atoms with Crippen molar-refractivity contribution in [3.8, 4) is 0 Å². The van der Waals surface area contributed by atoms with Gasteiger partial charge in [-0.1, -0.05) is 0 Å². The first-order chi connectivity index (χ1) is 7.37. The summed E-state index contributed by atoms with van der Waals surface area (Å²) in [5.41, 5.74) is 0. The van der Waals surface area contributed by atoms with Crippen LogP contribution in [0.1, 0.15) is 19.8 Å². The zero-order valence-electron chi connectivity index (χ0n) is 8.93. The minimum absolute atomic E-state index is 0.0990. The lowest BCUT2D eigenvalue weighted by atomic mass is 10.2. The molecule has 1 saturated heterocycles. The quantitative estimate of drug-likeness (QED) is 0.783. The van der Waals surface area contributed by atoms with Crippen LogP contribution in [-0.4, -0.2) is 37.5 Å². The number of amides is 2. The molecule has 0 aliphatic carbocycles. The van der Waals surface area contributed by atoms with Gasteiger partial charge in [-0.15, -0.1) is 0 Å². The molecule has 2 amide bonds. The number of nitrogens with one attached hydrogen (secondary N) is 2. The van der Waals surface area contributed by atoms with Crippen molar-refractivity contribution in [2.24, 2.45) is 0 Å². The topological polar surface area (TPSA) is 50.4 Å². The second-order valence-electron chi connectivity index (χ2n) is 3.90. The van der Waals surface area contributed by atoms with Crippen molar-refractivity contribution < 1.29 is 22.7 Å². The van der Waals surface area contributed by atoms with Gasteiger partial charge in [-0.25, -0.2) is 4.79 Å². The lowest BCUT2D eigenvalue weighted by Crippen LogP contribution is -2.46. The van der Waals surface area contributed by atoms with Crippen LogP contribution in [0.3, 0.4) is 0 Å². The maximum Gasteiger partial charge on any atom is 0.391 e. The van der Waals surface area contributed by atoms with Crippen molar-refractivity contribution in [2.45, 2.75) is 38.0 Å². The Kier molecular flexibility index (Phi) is 4.40. The SMILES string of the molecule is CC(CC(F)(F)F)NC(=O)NC1CCOC1. The Hall–Kier alpha value is -0.980. The van der Waals surface area contributed by atoms with Crippen LogP contribution in [0.4, 0.5) is 18.0 Å². The van der Waals surface area contributed by atoms with Crippen molar-refractivity contribution in [2.75, 3.05) is 13.2 Å². The molecule has 0 aromatic heterocycles. The Morgan fingerprint density at radius 3 is 2.75 bits per heavy atom. The van der Waals surface area contributed by atoms with Gasteiger partial charge in [0.15, 0.2) is 0 Å². The van der Waals surface area contributed by atoms with E-state index in [0.29, 0.717) is 19.6 Å². The van der Waals surface area contributed by atoms with Crippen LogP contribution < -0.4 is 10.6 Å². The number of carbonyl (C=O) groups excluding carboxylic acids is 1. The van der Waals surface area contributed by atoms with Crippen molar-refractivity contribution in [1.82, 2.24) is 10.6 Å². The molecule has 0 radical (unpaired) electrons. The van der Waals surface area contributed by atoms with Gasteiger partial charge in [0.05, 0.1) is 19.1 Å². The highest BCUT2D eigenvalue weighted by atomic mass is 19.4. The van der Waals surface area contributed by atoms with Gasteiger partial charge in [-0.2, -0.15) is 13.2 Å². The normalized spacial score (nSPS) is 22.9. The molecule has 0 spiro atoms. The molecule has 0 bridgehead atoms.